The molecule has 1 N–H and O–H groups in total. The lowest BCUT2D eigenvalue weighted by Gasteiger charge is -2.27. The summed E-state index contributed by atoms with van der Waals surface area (Å²) in [5, 5.41) is 9.24. The maximum atomic E-state index is 11.3. The van der Waals surface area contributed by atoms with Crippen molar-refractivity contribution in [3.8, 4) is 5.75 Å². The Bertz CT molecular complexity index is 455. The van der Waals surface area contributed by atoms with Gasteiger partial charge in [0.2, 0.25) is 0 Å². The van der Waals surface area contributed by atoms with Crippen LogP contribution >= 0.6 is 0 Å². The molecular weight excluding hydrogens is 258 g/mol. The van der Waals surface area contributed by atoms with E-state index in [1.165, 1.54) is 6.92 Å². The summed E-state index contributed by atoms with van der Waals surface area (Å²) in [5.74, 6) is -0.197. The molecule has 0 bridgehead atoms. The Morgan fingerprint density at radius 2 is 1.90 bits per heavy atom. The van der Waals surface area contributed by atoms with Gasteiger partial charge in [-0.15, -0.1) is 0 Å². The maximum absolute atomic E-state index is 11.3. The van der Waals surface area contributed by atoms with Gasteiger partial charge in [0.15, 0.2) is 0 Å². The number of carboxylic acids is 1. The van der Waals surface area contributed by atoms with E-state index >= 15 is 0 Å². The molecule has 20 heavy (non-hydrogen) atoms. The van der Waals surface area contributed by atoms with Gasteiger partial charge in [-0.1, -0.05) is 19.1 Å². The van der Waals surface area contributed by atoms with Gasteiger partial charge in [0.25, 0.3) is 0 Å². The number of Topliss-reactive ketones (excluding diaryl/α,β-unsaturated/α-hetero) is 1. The monoisotopic (exact) mass is 279 g/mol. The van der Waals surface area contributed by atoms with E-state index in [2.05, 4.69) is 0 Å². The van der Waals surface area contributed by atoms with Crippen LogP contribution in [-0.2, 0) is 16.1 Å². The number of hydrogen-bond donors (Lipinski definition) is 1. The maximum Gasteiger partial charge on any atom is 0.320 e. The molecule has 5 nitrogen and oxygen atoms in total. The molecule has 1 atom stereocenters. The summed E-state index contributed by atoms with van der Waals surface area (Å²) in [6.07, 6.45) is 0.457. The molecule has 1 aromatic rings. The zero-order chi connectivity index (χ0) is 15.1. The molecule has 0 fully saturated rings. The highest BCUT2D eigenvalue weighted by atomic mass is 16.5. The van der Waals surface area contributed by atoms with Crippen LogP contribution in [0, 0.1) is 0 Å². The van der Waals surface area contributed by atoms with Gasteiger partial charge >= 0.3 is 5.97 Å². The van der Waals surface area contributed by atoms with E-state index in [0.29, 0.717) is 13.0 Å². The molecule has 0 spiro atoms. The van der Waals surface area contributed by atoms with E-state index in [0.717, 1.165) is 11.3 Å². The molecule has 0 heterocycles. The SMILES string of the molecule is CCC(C(=O)O)N(CC(C)=O)Cc1ccc(OC)cc1. The van der Waals surface area contributed by atoms with Crippen LogP contribution in [0.4, 0.5) is 0 Å². The van der Waals surface area contributed by atoms with E-state index in [9.17, 15) is 14.7 Å². The van der Waals surface area contributed by atoms with Crippen LogP contribution in [0.15, 0.2) is 24.3 Å². The summed E-state index contributed by atoms with van der Waals surface area (Å²) in [4.78, 5) is 24.3. The van der Waals surface area contributed by atoms with Crippen molar-refractivity contribution in [2.75, 3.05) is 13.7 Å². The van der Waals surface area contributed by atoms with Crippen molar-refractivity contribution in [2.45, 2.75) is 32.9 Å². The van der Waals surface area contributed by atoms with Gasteiger partial charge in [0.05, 0.1) is 13.7 Å². The Morgan fingerprint density at radius 1 is 1.30 bits per heavy atom. The molecule has 0 amide bonds. The van der Waals surface area contributed by atoms with Crippen molar-refractivity contribution in [1.82, 2.24) is 4.90 Å². The number of methoxy groups -OCH3 is 1. The van der Waals surface area contributed by atoms with Gasteiger partial charge in [-0.05, 0) is 31.0 Å². The van der Waals surface area contributed by atoms with Crippen LogP contribution in [0.3, 0.4) is 0 Å². The molecule has 0 aliphatic heterocycles. The minimum absolute atomic E-state index is 0.0433. The number of ketones is 1. The van der Waals surface area contributed by atoms with E-state index in [4.69, 9.17) is 4.74 Å². The van der Waals surface area contributed by atoms with E-state index in [1.54, 1.807) is 18.9 Å². The first-order valence-corrected chi connectivity index (χ1v) is 6.57. The number of aliphatic carboxylic acids is 1. The van der Waals surface area contributed by atoms with Gasteiger partial charge in [-0.3, -0.25) is 14.5 Å². The highest BCUT2D eigenvalue weighted by Crippen LogP contribution is 2.15. The number of carbonyl (C=O) groups excluding carboxylic acids is 1. The highest BCUT2D eigenvalue weighted by molar-refractivity contribution is 5.79. The van der Waals surface area contributed by atoms with Crippen molar-refractivity contribution >= 4 is 11.8 Å². The molecule has 0 aromatic heterocycles. The standard InChI is InChI=1S/C15H21NO4/c1-4-14(15(18)19)16(9-11(2)17)10-12-5-7-13(20-3)8-6-12/h5-8,14H,4,9-10H2,1-3H3,(H,18,19). The van der Waals surface area contributed by atoms with E-state index < -0.39 is 12.0 Å². The molecular formula is C15H21NO4. The third-order valence-electron chi connectivity index (χ3n) is 3.08. The number of carbonyl (C=O) groups is 2. The van der Waals surface area contributed by atoms with Gasteiger partial charge in [0.1, 0.15) is 17.6 Å². The second-order valence-corrected chi connectivity index (χ2v) is 4.72. The lowest BCUT2D eigenvalue weighted by Crippen LogP contribution is -2.42. The zero-order valence-electron chi connectivity index (χ0n) is 12.1. The van der Waals surface area contributed by atoms with Crippen LogP contribution < -0.4 is 4.74 Å². The molecule has 0 saturated carbocycles. The molecule has 0 aliphatic rings. The van der Waals surface area contributed by atoms with Crippen LogP contribution in [0.5, 0.6) is 5.75 Å². The lowest BCUT2D eigenvalue weighted by atomic mass is 10.1. The van der Waals surface area contributed by atoms with Crippen molar-refractivity contribution in [3.05, 3.63) is 29.8 Å². The Morgan fingerprint density at radius 3 is 2.30 bits per heavy atom. The Balaban J connectivity index is 2.87. The molecule has 0 radical (unpaired) electrons. The van der Waals surface area contributed by atoms with Crippen molar-refractivity contribution < 1.29 is 19.4 Å². The molecule has 0 saturated heterocycles. The van der Waals surface area contributed by atoms with Crippen LogP contribution in [0.2, 0.25) is 0 Å². The number of rotatable bonds is 8. The minimum atomic E-state index is -0.901. The zero-order valence-corrected chi connectivity index (χ0v) is 12.1. The summed E-state index contributed by atoms with van der Waals surface area (Å²) in [7, 11) is 1.59. The number of carboxylic acid groups (broad SMARTS) is 1. The first-order chi connectivity index (χ1) is 9.47. The van der Waals surface area contributed by atoms with Gasteiger partial charge in [-0.25, -0.2) is 0 Å². The molecule has 110 valence electrons. The van der Waals surface area contributed by atoms with Gasteiger partial charge in [0, 0.05) is 6.54 Å². The highest BCUT2D eigenvalue weighted by Gasteiger charge is 2.24. The van der Waals surface area contributed by atoms with Crippen molar-refractivity contribution in [3.63, 3.8) is 0 Å². The van der Waals surface area contributed by atoms with Crippen molar-refractivity contribution in [1.29, 1.82) is 0 Å². The number of hydrogen-bond acceptors (Lipinski definition) is 4. The fourth-order valence-electron chi connectivity index (χ4n) is 2.12. The fraction of sp³-hybridized carbons (Fsp3) is 0.467. The average molecular weight is 279 g/mol. The number of ether oxygens (including phenoxy) is 1. The minimum Gasteiger partial charge on any atom is -0.497 e. The second-order valence-electron chi connectivity index (χ2n) is 4.72. The molecule has 1 rings (SSSR count). The predicted molar refractivity (Wildman–Crippen MR) is 75.8 cm³/mol. The summed E-state index contributed by atoms with van der Waals surface area (Å²) in [5.41, 5.74) is 0.951. The molecule has 1 aromatic carbocycles. The normalized spacial score (nSPS) is 12.2. The topological polar surface area (TPSA) is 66.8 Å². The Kier molecular flexibility index (Phi) is 6.18. The lowest BCUT2D eigenvalue weighted by molar-refractivity contribution is -0.144. The van der Waals surface area contributed by atoms with Crippen LogP contribution in [-0.4, -0.2) is 41.5 Å². The molecule has 1 unspecified atom stereocenters. The first kappa shape index (κ1) is 16.2. The Labute approximate surface area is 119 Å². The van der Waals surface area contributed by atoms with Gasteiger partial charge in [-0.2, -0.15) is 0 Å². The number of nitrogens with zero attached hydrogens (tertiary/aromatic N) is 1. The fourth-order valence-corrected chi connectivity index (χ4v) is 2.12. The molecule has 0 aliphatic carbocycles. The average Bonchev–Trinajstić information content (AvgIpc) is 2.39. The van der Waals surface area contributed by atoms with E-state index in [-0.39, 0.29) is 12.3 Å². The van der Waals surface area contributed by atoms with Gasteiger partial charge < -0.3 is 9.84 Å². The quantitative estimate of drug-likeness (QED) is 0.788. The summed E-state index contributed by atoms with van der Waals surface area (Å²) < 4.78 is 5.08. The Hall–Kier alpha value is -1.88. The summed E-state index contributed by atoms with van der Waals surface area (Å²) >= 11 is 0. The second kappa shape index (κ2) is 7.65. The third kappa shape index (κ3) is 4.66. The largest absolute Gasteiger partial charge is 0.497 e. The summed E-state index contributed by atoms with van der Waals surface area (Å²) in [6.45, 7) is 3.83. The molecule has 5 heteroatoms. The summed E-state index contributed by atoms with van der Waals surface area (Å²) in [6, 6.07) is 6.74. The first-order valence-electron chi connectivity index (χ1n) is 6.57. The predicted octanol–water partition coefficient (Wildman–Crippen LogP) is 1.95. The third-order valence-corrected chi connectivity index (χ3v) is 3.08. The van der Waals surface area contributed by atoms with Crippen molar-refractivity contribution in [2.24, 2.45) is 0 Å². The van der Waals surface area contributed by atoms with Crippen LogP contribution in [0.1, 0.15) is 25.8 Å². The van der Waals surface area contributed by atoms with E-state index in [1.807, 2.05) is 24.3 Å². The smallest absolute Gasteiger partial charge is 0.320 e. The van der Waals surface area contributed by atoms with Crippen LogP contribution in [0.25, 0.3) is 0 Å². The number of benzene rings is 1.